The molecule has 1 atom stereocenters. The van der Waals surface area contributed by atoms with Crippen molar-refractivity contribution in [3.05, 3.63) is 95.1 Å². The number of nitrogens with one attached hydrogen (secondary N) is 3. The minimum atomic E-state index is -0.364. The van der Waals surface area contributed by atoms with Gasteiger partial charge in [-0.1, -0.05) is 23.7 Å². The first-order chi connectivity index (χ1) is 17.0. The van der Waals surface area contributed by atoms with Gasteiger partial charge in [0.15, 0.2) is 0 Å². The number of rotatable bonds is 7. The van der Waals surface area contributed by atoms with Crippen molar-refractivity contribution in [1.29, 1.82) is 0 Å². The molecule has 176 valence electrons. The number of furan rings is 1. The molecule has 8 nitrogen and oxygen atoms in total. The minimum absolute atomic E-state index is 0.240. The fourth-order valence-corrected chi connectivity index (χ4v) is 4.07. The topological polar surface area (TPSA) is 122 Å². The minimum Gasteiger partial charge on any atom is -0.464 e. The number of amides is 1. The number of halogens is 1. The Balaban J connectivity index is 1.35. The summed E-state index contributed by atoms with van der Waals surface area (Å²) in [6.45, 7) is 2.16. The number of anilines is 2. The second kappa shape index (κ2) is 9.61. The summed E-state index contributed by atoms with van der Waals surface area (Å²) in [5.41, 5.74) is 11.2. The highest BCUT2D eigenvalue weighted by Gasteiger charge is 2.17. The van der Waals surface area contributed by atoms with Gasteiger partial charge in [0.05, 0.1) is 18.0 Å². The number of carbonyl (C=O) groups is 1. The number of hydrogen-bond donors (Lipinski definition) is 4. The fourth-order valence-electron chi connectivity index (χ4n) is 3.87. The highest BCUT2D eigenvalue weighted by molar-refractivity contribution is 6.30. The first kappa shape index (κ1) is 22.6. The largest absolute Gasteiger partial charge is 0.464 e. The van der Waals surface area contributed by atoms with E-state index in [-0.39, 0.29) is 18.5 Å². The summed E-state index contributed by atoms with van der Waals surface area (Å²) < 4.78 is 5.39. The molecule has 5 N–H and O–H groups in total. The van der Waals surface area contributed by atoms with E-state index in [4.69, 9.17) is 21.8 Å². The maximum absolute atomic E-state index is 12.9. The van der Waals surface area contributed by atoms with Crippen molar-refractivity contribution in [3.63, 3.8) is 0 Å². The number of fused-ring (bicyclic) bond motifs is 1. The summed E-state index contributed by atoms with van der Waals surface area (Å²) in [4.78, 5) is 25.0. The monoisotopic (exact) mass is 486 g/mol. The zero-order chi connectivity index (χ0) is 24.4. The van der Waals surface area contributed by atoms with Gasteiger partial charge >= 0.3 is 0 Å². The molecule has 0 bridgehead atoms. The average molecular weight is 487 g/mol. The molecule has 0 aliphatic heterocycles. The van der Waals surface area contributed by atoms with Crippen LogP contribution in [0.1, 0.15) is 27.7 Å². The van der Waals surface area contributed by atoms with Gasteiger partial charge in [-0.05, 0) is 60.5 Å². The van der Waals surface area contributed by atoms with Gasteiger partial charge in [-0.15, -0.1) is 0 Å². The summed E-state index contributed by atoms with van der Waals surface area (Å²) >= 11 is 6.09. The Labute approximate surface area is 206 Å². The SMILES string of the molecule is Cc1cnc(Nc2ccc3occc3c2)nc1-c1c[nH]c(C(=O)NC(CN)c2cccc(Cl)c2)c1. The smallest absolute Gasteiger partial charge is 0.268 e. The lowest BCUT2D eigenvalue weighted by Crippen LogP contribution is -2.33. The second-order valence-corrected chi connectivity index (χ2v) is 8.58. The maximum Gasteiger partial charge on any atom is 0.268 e. The van der Waals surface area contributed by atoms with Crippen molar-refractivity contribution in [2.45, 2.75) is 13.0 Å². The third-order valence-electron chi connectivity index (χ3n) is 5.67. The van der Waals surface area contributed by atoms with Crippen LogP contribution in [0.25, 0.3) is 22.2 Å². The molecule has 5 aromatic rings. The molecule has 3 aromatic heterocycles. The highest BCUT2D eigenvalue weighted by Crippen LogP contribution is 2.26. The second-order valence-electron chi connectivity index (χ2n) is 8.14. The lowest BCUT2D eigenvalue weighted by Gasteiger charge is -2.17. The number of aromatic amines is 1. The number of benzene rings is 2. The first-order valence-electron chi connectivity index (χ1n) is 11.0. The molecule has 5 rings (SSSR count). The summed E-state index contributed by atoms with van der Waals surface area (Å²) in [6.07, 6.45) is 5.15. The third kappa shape index (κ3) is 4.89. The number of nitrogens with zero attached hydrogens (tertiary/aromatic N) is 2. The molecular formula is C26H23ClN6O2. The molecule has 0 aliphatic carbocycles. The van der Waals surface area contributed by atoms with Crippen molar-refractivity contribution in [2.24, 2.45) is 5.73 Å². The first-order valence-corrected chi connectivity index (χ1v) is 11.4. The maximum atomic E-state index is 12.9. The van der Waals surface area contributed by atoms with Gasteiger partial charge in [-0.2, -0.15) is 0 Å². The normalized spacial score (nSPS) is 12.0. The van der Waals surface area contributed by atoms with Crippen LogP contribution in [-0.2, 0) is 0 Å². The standard InChI is InChI=1S/C26H23ClN6O2/c1-15-13-30-26(31-20-5-6-23-17(10-20)7-8-35-23)33-24(15)18-11-21(29-14-18)25(34)32-22(12-28)16-3-2-4-19(27)9-16/h2-11,13-14,22,29H,12,28H2,1H3,(H,32,34)(H,30,31,33). The zero-order valence-electron chi connectivity index (χ0n) is 18.9. The van der Waals surface area contributed by atoms with Crippen LogP contribution < -0.4 is 16.4 Å². The molecule has 1 unspecified atom stereocenters. The highest BCUT2D eigenvalue weighted by atomic mass is 35.5. The molecule has 9 heteroatoms. The van der Waals surface area contributed by atoms with Gasteiger partial charge in [0.25, 0.3) is 5.91 Å². The number of aryl methyl sites for hydroxylation is 1. The van der Waals surface area contributed by atoms with Crippen LogP contribution >= 0.6 is 11.6 Å². The van der Waals surface area contributed by atoms with Crippen molar-refractivity contribution < 1.29 is 9.21 Å². The van der Waals surface area contributed by atoms with Gasteiger partial charge in [0, 0.05) is 40.6 Å². The van der Waals surface area contributed by atoms with Crippen molar-refractivity contribution in [3.8, 4) is 11.3 Å². The molecule has 0 fully saturated rings. The Morgan fingerprint density at radius 3 is 2.91 bits per heavy atom. The van der Waals surface area contributed by atoms with Gasteiger partial charge in [-0.3, -0.25) is 4.79 Å². The Morgan fingerprint density at radius 1 is 1.20 bits per heavy atom. The van der Waals surface area contributed by atoms with Crippen LogP contribution in [0.5, 0.6) is 0 Å². The molecule has 2 aromatic carbocycles. The Bertz CT molecular complexity index is 1510. The van der Waals surface area contributed by atoms with Crippen LogP contribution in [0.3, 0.4) is 0 Å². The van der Waals surface area contributed by atoms with Crippen molar-refractivity contribution in [1.82, 2.24) is 20.3 Å². The Hall–Kier alpha value is -4.14. The molecular weight excluding hydrogens is 464 g/mol. The number of hydrogen-bond acceptors (Lipinski definition) is 6. The summed E-state index contributed by atoms with van der Waals surface area (Å²) in [7, 11) is 0. The van der Waals surface area contributed by atoms with Crippen molar-refractivity contribution >= 4 is 40.1 Å². The summed E-state index contributed by atoms with van der Waals surface area (Å²) in [5, 5.41) is 7.76. The van der Waals surface area contributed by atoms with E-state index in [9.17, 15) is 4.79 Å². The van der Waals surface area contributed by atoms with E-state index in [1.165, 1.54) is 0 Å². The molecule has 3 heterocycles. The lowest BCUT2D eigenvalue weighted by atomic mass is 10.1. The average Bonchev–Trinajstić information content (AvgIpc) is 3.53. The van der Waals surface area contributed by atoms with Crippen LogP contribution in [0.15, 0.2) is 77.7 Å². The van der Waals surface area contributed by atoms with E-state index in [2.05, 4.69) is 25.6 Å². The van der Waals surface area contributed by atoms with Crippen LogP contribution in [0, 0.1) is 6.92 Å². The van der Waals surface area contributed by atoms with Crippen LogP contribution in [0.4, 0.5) is 11.6 Å². The Kier molecular flexibility index (Phi) is 6.22. The van der Waals surface area contributed by atoms with Gasteiger partial charge in [0.2, 0.25) is 5.95 Å². The molecule has 1 amide bonds. The summed E-state index contributed by atoms with van der Waals surface area (Å²) in [6, 6.07) is 16.3. The number of H-pyrrole nitrogens is 1. The molecule has 35 heavy (non-hydrogen) atoms. The van der Waals surface area contributed by atoms with E-state index in [0.29, 0.717) is 22.4 Å². The van der Waals surface area contributed by atoms with E-state index in [0.717, 1.165) is 33.3 Å². The van der Waals surface area contributed by atoms with Gasteiger partial charge in [0.1, 0.15) is 11.3 Å². The third-order valence-corrected chi connectivity index (χ3v) is 5.91. The van der Waals surface area contributed by atoms with Gasteiger partial charge < -0.3 is 25.8 Å². The van der Waals surface area contributed by atoms with E-state index in [1.807, 2.05) is 43.3 Å². The predicted octanol–water partition coefficient (Wildman–Crippen LogP) is 5.35. The number of carbonyl (C=O) groups excluding carboxylic acids is 1. The van der Waals surface area contributed by atoms with E-state index in [1.54, 1.807) is 36.9 Å². The lowest BCUT2D eigenvalue weighted by molar-refractivity contribution is 0.0933. The number of nitrogens with two attached hydrogens (primary N) is 1. The van der Waals surface area contributed by atoms with Crippen LogP contribution in [-0.4, -0.2) is 27.4 Å². The van der Waals surface area contributed by atoms with E-state index >= 15 is 0 Å². The quantitative estimate of drug-likeness (QED) is 0.246. The van der Waals surface area contributed by atoms with Gasteiger partial charge in [-0.25, -0.2) is 9.97 Å². The number of aromatic nitrogens is 3. The molecule has 0 aliphatic rings. The van der Waals surface area contributed by atoms with Crippen LogP contribution in [0.2, 0.25) is 5.02 Å². The Morgan fingerprint density at radius 2 is 2.09 bits per heavy atom. The molecule has 0 saturated carbocycles. The zero-order valence-corrected chi connectivity index (χ0v) is 19.6. The molecule has 0 saturated heterocycles. The summed E-state index contributed by atoms with van der Waals surface area (Å²) in [5.74, 6) is 0.176. The predicted molar refractivity (Wildman–Crippen MR) is 137 cm³/mol. The molecule has 0 radical (unpaired) electrons. The van der Waals surface area contributed by atoms with E-state index < -0.39 is 0 Å². The van der Waals surface area contributed by atoms with Crippen molar-refractivity contribution in [2.75, 3.05) is 11.9 Å². The molecule has 0 spiro atoms. The fraction of sp³-hybridized carbons (Fsp3) is 0.115.